The third-order valence-corrected chi connectivity index (χ3v) is 24.7. The maximum Gasteiger partial charge on any atom is 0.145 e. The van der Waals surface area contributed by atoms with E-state index >= 15 is 0 Å². The summed E-state index contributed by atoms with van der Waals surface area (Å²) in [5.74, 6) is 15.8. The second-order valence-electron chi connectivity index (χ2n) is 16.7. The minimum Gasteiger partial charge on any atom is -0.497 e. The molecule has 0 unspecified atom stereocenters. The second kappa shape index (κ2) is 17.9. The Labute approximate surface area is 319 Å². The molecule has 52 heavy (non-hydrogen) atoms. The van der Waals surface area contributed by atoms with Gasteiger partial charge in [0.15, 0.2) is 0 Å². The molecule has 4 aromatic carbocycles. The second-order valence-corrected chi connectivity index (χ2v) is 27.8. The van der Waals surface area contributed by atoms with Crippen LogP contribution in [0.25, 0.3) is 21.5 Å². The molecule has 0 spiro atoms. The number of hydrogen-bond acceptors (Lipinski definition) is 1. The summed E-state index contributed by atoms with van der Waals surface area (Å²) in [6, 6.07) is 24.0. The van der Waals surface area contributed by atoms with Gasteiger partial charge in [-0.1, -0.05) is 150 Å². The van der Waals surface area contributed by atoms with Crippen LogP contribution in [0, 0.1) is 34.8 Å². The van der Waals surface area contributed by atoms with Gasteiger partial charge in [-0.15, -0.1) is 22.9 Å². The summed E-state index contributed by atoms with van der Waals surface area (Å²) < 4.78 is 5.71. The molecule has 0 aliphatic heterocycles. The Hall–Kier alpha value is -3.69. The summed E-state index contributed by atoms with van der Waals surface area (Å²) >= 11 is 0. The first-order valence-corrected chi connectivity index (χ1v) is 24.3. The topological polar surface area (TPSA) is 9.23 Å². The normalized spacial score (nSPS) is 12.1. The highest BCUT2D eigenvalue weighted by molar-refractivity contribution is 6.91. The van der Waals surface area contributed by atoms with Crippen molar-refractivity contribution in [1.82, 2.24) is 0 Å². The molecule has 4 rings (SSSR count). The van der Waals surface area contributed by atoms with E-state index < -0.39 is 16.1 Å². The maximum absolute atomic E-state index is 5.71. The molecule has 1 nitrogen and oxygen atoms in total. The fourth-order valence-corrected chi connectivity index (χ4v) is 19.9. The number of methoxy groups -OCH3 is 1. The number of benzene rings is 4. The van der Waals surface area contributed by atoms with E-state index in [1.807, 2.05) is 6.07 Å². The predicted molar refractivity (Wildman–Crippen MR) is 235 cm³/mol. The molecule has 274 valence electrons. The van der Waals surface area contributed by atoms with Crippen molar-refractivity contribution in [3.63, 3.8) is 0 Å². The lowest BCUT2D eigenvalue weighted by Crippen LogP contribution is -2.43. The van der Waals surface area contributed by atoms with Crippen molar-refractivity contribution < 1.29 is 4.74 Å². The Kier molecular flexibility index (Phi) is 14.1. The Bertz CT molecular complexity index is 1980. The van der Waals surface area contributed by atoms with E-state index in [-0.39, 0.29) is 0 Å². The third-order valence-electron chi connectivity index (χ3n) is 12.0. The van der Waals surface area contributed by atoms with Gasteiger partial charge in [0.2, 0.25) is 0 Å². The summed E-state index contributed by atoms with van der Waals surface area (Å²) in [4.78, 5) is 0. The van der Waals surface area contributed by atoms with E-state index in [1.54, 1.807) is 7.11 Å². The SMILES string of the molecule is COc1ccc2ccc(CCC#C[Si](C(C)C)(C(C)C)C(C)C)c(C#Cc3c(CCC#C[Si](C(C)C)(C(C)C)C(C)C)ccc4ccccc34)c2c1. The van der Waals surface area contributed by atoms with Crippen molar-refractivity contribution in [2.75, 3.05) is 7.11 Å². The van der Waals surface area contributed by atoms with Gasteiger partial charge in [-0.2, -0.15) is 0 Å². The lowest BCUT2D eigenvalue weighted by molar-refractivity contribution is 0.415. The van der Waals surface area contributed by atoms with Crippen LogP contribution < -0.4 is 4.74 Å². The molecule has 0 heterocycles. The van der Waals surface area contributed by atoms with E-state index in [0.29, 0.717) is 33.2 Å². The zero-order valence-electron chi connectivity index (χ0n) is 34.6. The minimum absolute atomic E-state index is 0.626. The molecule has 0 bridgehead atoms. The average molecular weight is 725 g/mol. The summed E-state index contributed by atoms with van der Waals surface area (Å²) in [6.45, 7) is 28.6. The first kappa shape index (κ1) is 41.1. The van der Waals surface area contributed by atoms with E-state index in [4.69, 9.17) is 4.74 Å². The van der Waals surface area contributed by atoms with Gasteiger partial charge < -0.3 is 4.74 Å². The number of hydrogen-bond donors (Lipinski definition) is 0. The molecule has 0 amide bonds. The molecule has 0 saturated carbocycles. The average Bonchev–Trinajstić information content (AvgIpc) is 3.09. The minimum atomic E-state index is -1.78. The maximum atomic E-state index is 5.71. The largest absolute Gasteiger partial charge is 0.497 e. The highest BCUT2D eigenvalue weighted by Crippen LogP contribution is 2.42. The van der Waals surface area contributed by atoms with Gasteiger partial charge in [-0.3, -0.25) is 0 Å². The van der Waals surface area contributed by atoms with Crippen LogP contribution in [0.5, 0.6) is 5.75 Å². The first-order chi connectivity index (χ1) is 24.7. The summed E-state index contributed by atoms with van der Waals surface area (Å²) in [5.41, 5.74) is 16.4. The predicted octanol–water partition coefficient (Wildman–Crippen LogP) is 13.7. The quantitative estimate of drug-likeness (QED) is 0.111. The molecule has 0 aliphatic rings. The van der Waals surface area contributed by atoms with Gasteiger partial charge in [0.1, 0.15) is 21.9 Å². The molecular formula is C49H64OSi2. The van der Waals surface area contributed by atoms with Crippen LogP contribution >= 0.6 is 0 Å². The molecule has 0 radical (unpaired) electrons. The smallest absolute Gasteiger partial charge is 0.145 e. The van der Waals surface area contributed by atoms with Crippen LogP contribution in [-0.4, -0.2) is 23.3 Å². The number of fused-ring (bicyclic) bond motifs is 2. The lowest BCUT2D eigenvalue weighted by atomic mass is 9.94. The highest BCUT2D eigenvalue weighted by Gasteiger charge is 2.42. The van der Waals surface area contributed by atoms with Crippen molar-refractivity contribution in [3.8, 4) is 40.5 Å². The van der Waals surface area contributed by atoms with Crippen LogP contribution in [0.1, 0.15) is 118 Å². The van der Waals surface area contributed by atoms with E-state index in [0.717, 1.165) is 47.9 Å². The van der Waals surface area contributed by atoms with Gasteiger partial charge >= 0.3 is 0 Å². The molecule has 4 aromatic rings. The molecule has 0 fully saturated rings. The standard InChI is InChI=1S/C49H64OSi2/c1-35(2)51(36(3)4,37(5)6)32-18-16-21-42-25-24-41-20-14-15-23-46(41)47(42)30-31-48-43(26-27-44-28-29-45(50-13)34-49(44)48)22-17-19-33-52(38(7)8,39(9)10)40(11)12/h14-15,20,23-29,34-40H,16-17,21-22H2,1-13H3. The van der Waals surface area contributed by atoms with Crippen LogP contribution in [-0.2, 0) is 12.8 Å². The Balaban J connectivity index is 1.81. The Morgan fingerprint density at radius 3 is 1.35 bits per heavy atom. The molecule has 3 heteroatoms. The number of ether oxygens (including phenoxy) is 1. The lowest BCUT2D eigenvalue weighted by Gasteiger charge is -2.38. The van der Waals surface area contributed by atoms with Gasteiger partial charge in [0, 0.05) is 29.4 Å². The third kappa shape index (κ3) is 8.57. The van der Waals surface area contributed by atoms with Crippen molar-refractivity contribution in [1.29, 1.82) is 0 Å². The zero-order chi connectivity index (χ0) is 38.2. The molecular weight excluding hydrogens is 661 g/mol. The van der Waals surface area contributed by atoms with Crippen molar-refractivity contribution in [3.05, 3.63) is 89.0 Å². The fraction of sp³-hybridized carbons (Fsp3) is 0.469. The highest BCUT2D eigenvalue weighted by atomic mass is 28.3. The fourth-order valence-electron chi connectivity index (χ4n) is 9.32. The van der Waals surface area contributed by atoms with Crippen molar-refractivity contribution in [2.24, 2.45) is 0 Å². The summed E-state index contributed by atoms with van der Waals surface area (Å²) in [5, 5.41) is 4.74. The van der Waals surface area contributed by atoms with E-state index in [9.17, 15) is 0 Å². The Morgan fingerprint density at radius 1 is 0.500 bits per heavy atom. The van der Waals surface area contributed by atoms with Crippen LogP contribution in [0.2, 0.25) is 33.2 Å². The molecule has 0 atom stereocenters. The molecule has 0 aliphatic carbocycles. The van der Waals surface area contributed by atoms with E-state index in [2.05, 4.69) is 179 Å². The number of rotatable bonds is 11. The monoisotopic (exact) mass is 724 g/mol. The van der Waals surface area contributed by atoms with Crippen LogP contribution in [0.15, 0.2) is 66.7 Å². The van der Waals surface area contributed by atoms with Crippen LogP contribution in [0.4, 0.5) is 0 Å². The van der Waals surface area contributed by atoms with Gasteiger partial charge in [0.05, 0.1) is 7.11 Å². The van der Waals surface area contributed by atoms with Crippen molar-refractivity contribution >= 4 is 37.7 Å². The van der Waals surface area contributed by atoms with Crippen molar-refractivity contribution in [2.45, 2.75) is 142 Å². The summed E-state index contributed by atoms with van der Waals surface area (Å²) in [7, 11) is -1.82. The zero-order valence-corrected chi connectivity index (χ0v) is 36.6. The summed E-state index contributed by atoms with van der Waals surface area (Å²) in [6.07, 6.45) is 3.43. The molecule has 0 aromatic heterocycles. The number of aryl methyl sites for hydroxylation is 2. The molecule has 0 saturated heterocycles. The first-order valence-electron chi connectivity index (χ1n) is 19.8. The Morgan fingerprint density at radius 2 is 0.904 bits per heavy atom. The van der Waals surface area contributed by atoms with Crippen LogP contribution in [0.3, 0.4) is 0 Å². The van der Waals surface area contributed by atoms with Gasteiger partial charge in [-0.05, 0) is 85.5 Å². The van der Waals surface area contributed by atoms with Gasteiger partial charge in [0.25, 0.3) is 0 Å². The van der Waals surface area contributed by atoms with Gasteiger partial charge in [-0.25, -0.2) is 0 Å². The van der Waals surface area contributed by atoms with E-state index in [1.165, 1.54) is 27.3 Å². The molecule has 0 N–H and O–H groups in total.